The molecule has 0 aliphatic rings. The second kappa shape index (κ2) is 10.1. The summed E-state index contributed by atoms with van der Waals surface area (Å²) in [4.78, 5) is 12.8. The second-order valence-corrected chi connectivity index (χ2v) is 7.53. The minimum atomic E-state index is -3.62. The maximum absolute atomic E-state index is 12.6. The minimum absolute atomic E-state index is 0.109. The number of rotatable bonds is 10. The van der Waals surface area contributed by atoms with Crippen molar-refractivity contribution in [3.8, 4) is 11.5 Å². The predicted molar refractivity (Wildman–Crippen MR) is 106 cm³/mol. The zero-order valence-electron chi connectivity index (χ0n) is 16.0. The fraction of sp³-hybridized carbons (Fsp3) is 0.316. The molecule has 0 heterocycles. The Morgan fingerprint density at radius 2 is 1.57 bits per heavy atom. The summed E-state index contributed by atoms with van der Waals surface area (Å²) in [5, 5.41) is 2.72. The zero-order chi connectivity index (χ0) is 20.6. The summed E-state index contributed by atoms with van der Waals surface area (Å²) in [5.74, 6) is 0.315. The molecule has 0 fully saturated rings. The third-order valence-electron chi connectivity index (χ3n) is 3.89. The van der Waals surface area contributed by atoms with Crippen LogP contribution in [-0.4, -0.2) is 48.8 Å². The quantitative estimate of drug-likeness (QED) is 0.585. The van der Waals surface area contributed by atoms with Gasteiger partial charge in [-0.15, -0.1) is 0 Å². The molecule has 9 heteroatoms. The number of anilines is 1. The number of carbonyl (C=O) groups is 1. The van der Waals surface area contributed by atoms with Crippen molar-refractivity contribution >= 4 is 21.6 Å². The lowest BCUT2D eigenvalue weighted by atomic mass is 10.1. The standard InChI is InChI=1S/C19H24N2O6S/c1-25-13-5-12-20-28(23,24)15-10-8-14(9-11-15)21-19(22)18-16(26-2)6-4-7-17(18)27-3/h4,6-11,20H,5,12-13H2,1-3H3,(H,21,22). The summed E-state index contributed by atoms with van der Waals surface area (Å²) in [6.45, 7) is 0.752. The normalized spacial score (nSPS) is 11.1. The highest BCUT2D eigenvalue weighted by Gasteiger charge is 2.19. The Hall–Kier alpha value is -2.62. The van der Waals surface area contributed by atoms with Gasteiger partial charge in [0.15, 0.2) is 0 Å². The molecule has 2 aromatic carbocycles. The molecular formula is C19H24N2O6S. The van der Waals surface area contributed by atoms with Crippen molar-refractivity contribution in [2.75, 3.05) is 39.8 Å². The molecule has 2 rings (SSSR count). The van der Waals surface area contributed by atoms with Gasteiger partial charge in [0.1, 0.15) is 17.1 Å². The van der Waals surface area contributed by atoms with E-state index >= 15 is 0 Å². The molecule has 28 heavy (non-hydrogen) atoms. The van der Waals surface area contributed by atoms with Crippen LogP contribution in [0.25, 0.3) is 0 Å². The summed E-state index contributed by atoms with van der Waals surface area (Å²) in [7, 11) is 0.866. The van der Waals surface area contributed by atoms with Crippen molar-refractivity contribution in [2.24, 2.45) is 0 Å². The first-order valence-corrected chi connectivity index (χ1v) is 10.0. The fourth-order valence-corrected chi connectivity index (χ4v) is 3.57. The summed E-state index contributed by atoms with van der Waals surface area (Å²) >= 11 is 0. The molecule has 0 bridgehead atoms. The molecule has 2 N–H and O–H groups in total. The number of hydrogen-bond acceptors (Lipinski definition) is 6. The first-order valence-electron chi connectivity index (χ1n) is 8.54. The smallest absolute Gasteiger partial charge is 0.263 e. The SMILES string of the molecule is COCCCNS(=O)(=O)c1ccc(NC(=O)c2c(OC)cccc2OC)cc1. The molecular weight excluding hydrogens is 384 g/mol. The number of benzene rings is 2. The van der Waals surface area contributed by atoms with Crippen LogP contribution >= 0.6 is 0 Å². The van der Waals surface area contributed by atoms with Crippen LogP contribution in [0.15, 0.2) is 47.4 Å². The van der Waals surface area contributed by atoms with Crippen molar-refractivity contribution in [2.45, 2.75) is 11.3 Å². The number of methoxy groups -OCH3 is 3. The van der Waals surface area contributed by atoms with Crippen LogP contribution in [0.2, 0.25) is 0 Å². The Labute approximate surface area is 164 Å². The lowest BCUT2D eigenvalue weighted by Gasteiger charge is -2.13. The maximum atomic E-state index is 12.6. The summed E-state index contributed by atoms with van der Waals surface area (Å²) in [6, 6.07) is 10.9. The first-order chi connectivity index (χ1) is 13.4. The van der Waals surface area contributed by atoms with Crippen LogP contribution in [0.1, 0.15) is 16.8 Å². The number of carbonyl (C=O) groups excluding carboxylic acids is 1. The molecule has 0 atom stereocenters. The van der Waals surface area contributed by atoms with E-state index in [2.05, 4.69) is 10.0 Å². The molecule has 0 saturated heterocycles. The van der Waals surface area contributed by atoms with Gasteiger partial charge in [0.25, 0.3) is 5.91 Å². The number of amides is 1. The van der Waals surface area contributed by atoms with Gasteiger partial charge in [-0.25, -0.2) is 13.1 Å². The number of hydrogen-bond donors (Lipinski definition) is 2. The van der Waals surface area contributed by atoms with Crippen molar-refractivity contribution in [1.29, 1.82) is 0 Å². The van der Waals surface area contributed by atoms with E-state index in [0.717, 1.165) is 0 Å². The predicted octanol–water partition coefficient (Wildman–Crippen LogP) is 2.27. The highest BCUT2D eigenvalue weighted by Crippen LogP contribution is 2.29. The van der Waals surface area contributed by atoms with Crippen molar-refractivity contribution in [3.05, 3.63) is 48.0 Å². The van der Waals surface area contributed by atoms with Gasteiger partial charge in [-0.3, -0.25) is 4.79 Å². The monoisotopic (exact) mass is 408 g/mol. The molecule has 0 aliphatic carbocycles. The average molecular weight is 408 g/mol. The van der Waals surface area contributed by atoms with Gasteiger partial charge in [0.2, 0.25) is 10.0 Å². The summed E-state index contributed by atoms with van der Waals surface area (Å²) in [6.07, 6.45) is 0.574. The number of ether oxygens (including phenoxy) is 3. The van der Waals surface area contributed by atoms with Gasteiger partial charge in [-0.05, 0) is 42.8 Å². The van der Waals surface area contributed by atoms with Crippen LogP contribution in [0, 0.1) is 0 Å². The van der Waals surface area contributed by atoms with Gasteiger partial charge in [-0.2, -0.15) is 0 Å². The van der Waals surface area contributed by atoms with Crippen LogP contribution in [0.5, 0.6) is 11.5 Å². The lowest BCUT2D eigenvalue weighted by Crippen LogP contribution is -2.25. The topological polar surface area (TPSA) is 103 Å². The average Bonchev–Trinajstić information content (AvgIpc) is 2.70. The fourth-order valence-electron chi connectivity index (χ4n) is 2.49. The maximum Gasteiger partial charge on any atom is 0.263 e. The van der Waals surface area contributed by atoms with Gasteiger partial charge < -0.3 is 19.5 Å². The Morgan fingerprint density at radius 3 is 2.11 bits per heavy atom. The van der Waals surface area contributed by atoms with E-state index in [1.807, 2.05) is 0 Å². The molecule has 0 radical (unpaired) electrons. The van der Waals surface area contributed by atoms with Crippen LogP contribution in [0.4, 0.5) is 5.69 Å². The summed E-state index contributed by atoms with van der Waals surface area (Å²) in [5.41, 5.74) is 0.695. The molecule has 0 spiro atoms. The van der Waals surface area contributed by atoms with E-state index in [9.17, 15) is 13.2 Å². The molecule has 2 aromatic rings. The molecule has 152 valence electrons. The largest absolute Gasteiger partial charge is 0.496 e. The van der Waals surface area contributed by atoms with Crippen molar-refractivity contribution < 1.29 is 27.4 Å². The highest BCUT2D eigenvalue weighted by molar-refractivity contribution is 7.89. The van der Waals surface area contributed by atoms with Crippen LogP contribution in [-0.2, 0) is 14.8 Å². The molecule has 0 aromatic heterocycles. The highest BCUT2D eigenvalue weighted by atomic mass is 32.2. The van der Waals surface area contributed by atoms with E-state index in [4.69, 9.17) is 14.2 Å². The Bertz CT molecular complexity index is 875. The van der Waals surface area contributed by atoms with E-state index in [0.29, 0.717) is 30.2 Å². The third-order valence-corrected chi connectivity index (χ3v) is 5.37. The second-order valence-electron chi connectivity index (χ2n) is 5.76. The third kappa shape index (κ3) is 5.44. The minimum Gasteiger partial charge on any atom is -0.496 e. The van der Waals surface area contributed by atoms with Crippen LogP contribution < -0.4 is 19.5 Å². The van der Waals surface area contributed by atoms with E-state index in [-0.39, 0.29) is 17.0 Å². The number of sulfonamides is 1. The van der Waals surface area contributed by atoms with E-state index < -0.39 is 15.9 Å². The van der Waals surface area contributed by atoms with Gasteiger partial charge in [0.05, 0.1) is 19.1 Å². The number of nitrogens with one attached hydrogen (secondary N) is 2. The molecule has 0 unspecified atom stereocenters. The van der Waals surface area contributed by atoms with Crippen molar-refractivity contribution in [3.63, 3.8) is 0 Å². The van der Waals surface area contributed by atoms with Gasteiger partial charge in [0, 0.05) is 25.9 Å². The van der Waals surface area contributed by atoms with E-state index in [1.165, 1.54) is 38.5 Å². The Kier molecular flexibility index (Phi) is 7.80. The Morgan fingerprint density at radius 1 is 0.964 bits per heavy atom. The molecule has 0 saturated carbocycles. The Balaban J connectivity index is 2.12. The molecule has 1 amide bonds. The van der Waals surface area contributed by atoms with Crippen molar-refractivity contribution in [1.82, 2.24) is 4.72 Å². The zero-order valence-corrected chi connectivity index (χ0v) is 16.8. The lowest BCUT2D eigenvalue weighted by molar-refractivity contribution is 0.102. The first kappa shape index (κ1) is 21.7. The van der Waals surface area contributed by atoms with Gasteiger partial charge >= 0.3 is 0 Å². The molecule has 0 aliphatic heterocycles. The summed E-state index contributed by atoms with van der Waals surface area (Å²) < 4.78 is 42.3. The molecule has 8 nitrogen and oxygen atoms in total. The van der Waals surface area contributed by atoms with E-state index in [1.54, 1.807) is 25.3 Å². The van der Waals surface area contributed by atoms with Gasteiger partial charge in [-0.1, -0.05) is 6.07 Å². The van der Waals surface area contributed by atoms with Crippen LogP contribution in [0.3, 0.4) is 0 Å².